The van der Waals surface area contributed by atoms with Gasteiger partial charge in [-0.05, 0) is 30.7 Å². The van der Waals surface area contributed by atoms with Gasteiger partial charge in [0.05, 0.1) is 55.7 Å². The molecular formula is C34H45N11O10. The third kappa shape index (κ3) is 13.8. The molecule has 21 heteroatoms. The lowest BCUT2D eigenvalue weighted by atomic mass is 10.1. The summed E-state index contributed by atoms with van der Waals surface area (Å²) in [6, 6.07) is 6.60. The second-order valence-electron chi connectivity index (χ2n) is 12.7. The van der Waals surface area contributed by atoms with Crippen LogP contribution in [0.15, 0.2) is 36.7 Å². The highest BCUT2D eigenvalue weighted by molar-refractivity contribution is 6.06. The van der Waals surface area contributed by atoms with Gasteiger partial charge in [0, 0.05) is 77.0 Å². The molecule has 0 radical (unpaired) electrons. The van der Waals surface area contributed by atoms with E-state index in [2.05, 4.69) is 31.2 Å². The number of aromatic nitrogens is 4. The molecule has 6 N–H and O–H groups in total. The van der Waals surface area contributed by atoms with Gasteiger partial charge in [0.25, 0.3) is 11.8 Å². The van der Waals surface area contributed by atoms with Crippen LogP contribution < -0.4 is 16.0 Å². The van der Waals surface area contributed by atoms with E-state index >= 15 is 0 Å². The Morgan fingerprint density at radius 1 is 0.691 bits per heavy atom. The predicted octanol–water partition coefficient (Wildman–Crippen LogP) is -2.54. The minimum Gasteiger partial charge on any atom is -0.480 e. The minimum absolute atomic E-state index is 0.0296. The summed E-state index contributed by atoms with van der Waals surface area (Å²) < 4.78 is 1.38. The number of nitrogens with zero attached hydrogens (tertiary/aromatic N) is 8. The molecule has 3 heterocycles. The van der Waals surface area contributed by atoms with Crippen LogP contribution in [0.5, 0.6) is 0 Å². The van der Waals surface area contributed by atoms with Gasteiger partial charge < -0.3 is 36.1 Å². The van der Waals surface area contributed by atoms with E-state index in [0.29, 0.717) is 48.0 Å². The van der Waals surface area contributed by atoms with Crippen molar-refractivity contribution >= 4 is 52.8 Å². The number of carbonyl (C=O) groups is 7. The van der Waals surface area contributed by atoms with Gasteiger partial charge in [-0.15, -0.1) is 5.10 Å². The molecule has 1 aliphatic heterocycles. The van der Waals surface area contributed by atoms with Crippen LogP contribution in [0, 0.1) is 0 Å². The number of amides is 3. The summed E-state index contributed by atoms with van der Waals surface area (Å²) in [7, 11) is 0. The Bertz CT molecular complexity index is 1810. The Morgan fingerprint density at radius 2 is 1.24 bits per heavy atom. The molecule has 1 aliphatic rings. The van der Waals surface area contributed by atoms with Crippen LogP contribution in [0.1, 0.15) is 27.3 Å². The van der Waals surface area contributed by atoms with Crippen molar-refractivity contribution in [2.24, 2.45) is 0 Å². The third-order valence-corrected chi connectivity index (χ3v) is 8.64. The highest BCUT2D eigenvalue weighted by Crippen LogP contribution is 2.20. The van der Waals surface area contributed by atoms with Crippen molar-refractivity contribution < 1.29 is 48.9 Å². The molecule has 55 heavy (non-hydrogen) atoms. The van der Waals surface area contributed by atoms with Gasteiger partial charge in [-0.2, -0.15) is 0 Å². The zero-order chi connectivity index (χ0) is 39.7. The van der Waals surface area contributed by atoms with Gasteiger partial charge in [0.1, 0.15) is 6.29 Å². The number of benzene rings is 1. The van der Waals surface area contributed by atoms with Crippen LogP contribution in [0.2, 0.25) is 0 Å². The van der Waals surface area contributed by atoms with Crippen LogP contribution in [0.4, 0.5) is 0 Å². The highest BCUT2D eigenvalue weighted by Gasteiger charge is 2.21. The molecule has 4 rings (SSSR count). The number of aliphatic carboxylic acids is 3. The normalized spacial score (nSPS) is 15.3. The Morgan fingerprint density at radius 3 is 1.78 bits per heavy atom. The molecule has 0 aliphatic carbocycles. The summed E-state index contributed by atoms with van der Waals surface area (Å²) in [5, 5.41) is 44.7. The number of aldehydes is 1. The van der Waals surface area contributed by atoms with Gasteiger partial charge in [0.2, 0.25) is 5.91 Å². The van der Waals surface area contributed by atoms with E-state index in [-0.39, 0.29) is 96.7 Å². The molecule has 296 valence electrons. The van der Waals surface area contributed by atoms with E-state index in [4.69, 9.17) is 0 Å². The SMILES string of the molecule is O=CCNC(=O)c1ccnc2ccc(-n3cc(C(=O)NCCCNC(=O)CN4CCN(CC(=O)O)CCN(CC(=O)O)CCN(CC(=O)O)CC4)nn3)cc12. The first-order valence-corrected chi connectivity index (χ1v) is 17.5. The van der Waals surface area contributed by atoms with Gasteiger partial charge in [0.15, 0.2) is 5.69 Å². The number of carboxylic acid groups (broad SMARTS) is 3. The molecule has 0 spiro atoms. The number of carbonyl (C=O) groups excluding carboxylic acids is 4. The Hall–Kier alpha value is -5.90. The molecule has 21 nitrogen and oxygen atoms in total. The lowest BCUT2D eigenvalue weighted by Crippen LogP contribution is -2.49. The quantitative estimate of drug-likeness (QED) is 0.0610. The fourth-order valence-corrected chi connectivity index (χ4v) is 5.85. The number of nitrogens with one attached hydrogen (secondary N) is 3. The summed E-state index contributed by atoms with van der Waals surface area (Å²) in [6.45, 7) is 1.77. The zero-order valence-electron chi connectivity index (χ0n) is 30.1. The zero-order valence-corrected chi connectivity index (χ0v) is 30.1. The smallest absolute Gasteiger partial charge is 0.317 e. The van der Waals surface area contributed by atoms with E-state index in [0.717, 1.165) is 0 Å². The molecule has 1 fully saturated rings. The van der Waals surface area contributed by atoms with E-state index in [1.54, 1.807) is 32.9 Å². The fourth-order valence-electron chi connectivity index (χ4n) is 5.85. The lowest BCUT2D eigenvalue weighted by Gasteiger charge is -2.32. The highest BCUT2D eigenvalue weighted by atomic mass is 16.4. The Balaban J connectivity index is 1.27. The van der Waals surface area contributed by atoms with E-state index in [1.807, 2.05) is 4.90 Å². The van der Waals surface area contributed by atoms with Gasteiger partial charge in [-0.25, -0.2) is 4.68 Å². The van der Waals surface area contributed by atoms with Crippen molar-refractivity contribution in [3.05, 3.63) is 47.9 Å². The number of carboxylic acids is 3. The van der Waals surface area contributed by atoms with Crippen LogP contribution >= 0.6 is 0 Å². The summed E-state index contributed by atoms with van der Waals surface area (Å²) in [5.74, 6) is -4.36. The molecule has 1 aromatic carbocycles. The molecule has 3 aromatic rings. The molecular weight excluding hydrogens is 722 g/mol. The Labute approximate surface area is 315 Å². The molecule has 0 bridgehead atoms. The first kappa shape index (κ1) is 41.9. The average Bonchev–Trinajstić information content (AvgIpc) is 3.64. The number of hydrogen-bond acceptors (Lipinski definition) is 14. The topological polar surface area (TPSA) is 273 Å². The molecule has 2 aromatic heterocycles. The van der Waals surface area contributed by atoms with Crippen molar-refractivity contribution in [2.75, 3.05) is 98.2 Å². The number of rotatable bonds is 17. The monoisotopic (exact) mass is 767 g/mol. The van der Waals surface area contributed by atoms with Crippen molar-refractivity contribution in [2.45, 2.75) is 6.42 Å². The van der Waals surface area contributed by atoms with Gasteiger partial charge >= 0.3 is 17.9 Å². The van der Waals surface area contributed by atoms with Crippen LogP contribution in [0.3, 0.4) is 0 Å². The average molecular weight is 768 g/mol. The van der Waals surface area contributed by atoms with Crippen molar-refractivity contribution in [3.8, 4) is 5.69 Å². The van der Waals surface area contributed by atoms with E-state index in [1.165, 1.54) is 23.1 Å². The lowest BCUT2D eigenvalue weighted by molar-refractivity contribution is -0.140. The summed E-state index contributed by atoms with van der Waals surface area (Å²) >= 11 is 0. The van der Waals surface area contributed by atoms with Crippen molar-refractivity contribution in [1.29, 1.82) is 0 Å². The van der Waals surface area contributed by atoms with Crippen LogP contribution in [-0.2, 0) is 24.0 Å². The van der Waals surface area contributed by atoms with Gasteiger partial charge in [-0.3, -0.25) is 53.4 Å². The second kappa shape index (κ2) is 21.1. The first-order chi connectivity index (χ1) is 26.4. The maximum Gasteiger partial charge on any atom is 0.317 e. The largest absolute Gasteiger partial charge is 0.480 e. The number of hydrogen-bond donors (Lipinski definition) is 6. The standard InChI is InChI=1S/C34H45N11O10/c46-17-8-38-33(54)25-4-7-35-27-3-2-24(18-26(25)27)45-19-28(39-40-45)34(55)37-6-1-5-36-29(47)20-41-9-11-42(21-30(48)49)13-15-44(23-32(52)53)16-14-43(12-10-41)22-31(50)51/h2-4,7,17-19H,1,5-6,8-16,20-23H2,(H,36,47)(H,37,55)(H,38,54)(H,48,49)(H,50,51)(H,52,53). The molecule has 0 saturated carbocycles. The van der Waals surface area contributed by atoms with Gasteiger partial charge in [-0.1, -0.05) is 5.21 Å². The summed E-state index contributed by atoms with van der Waals surface area (Å²) in [4.78, 5) is 94.4. The number of fused-ring (bicyclic) bond motifs is 1. The molecule has 1 saturated heterocycles. The van der Waals surface area contributed by atoms with Crippen molar-refractivity contribution in [3.63, 3.8) is 0 Å². The summed E-state index contributed by atoms with van der Waals surface area (Å²) in [5.41, 5.74) is 1.42. The maximum atomic E-state index is 12.9. The van der Waals surface area contributed by atoms with E-state index in [9.17, 15) is 48.9 Å². The Kier molecular flexibility index (Phi) is 16.1. The second-order valence-corrected chi connectivity index (χ2v) is 12.7. The fraction of sp³-hybridized carbons (Fsp3) is 0.471. The predicted molar refractivity (Wildman–Crippen MR) is 194 cm³/mol. The molecule has 3 amide bonds. The number of pyridine rings is 1. The maximum absolute atomic E-state index is 12.9. The van der Waals surface area contributed by atoms with Crippen molar-refractivity contribution in [1.82, 2.24) is 55.5 Å². The molecule has 0 atom stereocenters. The van der Waals surface area contributed by atoms with Crippen LogP contribution in [0.25, 0.3) is 16.6 Å². The van der Waals surface area contributed by atoms with Crippen LogP contribution in [-0.4, -0.2) is 195 Å². The minimum atomic E-state index is -1.04. The summed E-state index contributed by atoms with van der Waals surface area (Å²) in [6.07, 6.45) is 3.89. The molecule has 0 unspecified atom stereocenters. The first-order valence-electron chi connectivity index (χ1n) is 17.5. The van der Waals surface area contributed by atoms with E-state index < -0.39 is 29.7 Å². The third-order valence-electron chi connectivity index (χ3n) is 8.64.